The second-order valence-corrected chi connectivity index (χ2v) is 34.5. The van der Waals surface area contributed by atoms with Gasteiger partial charge in [-0.15, -0.1) is 0 Å². The van der Waals surface area contributed by atoms with E-state index in [1.807, 2.05) is 62.4 Å². The Morgan fingerprint density at radius 1 is 0.285 bits per heavy atom. The Morgan fingerprint density at radius 2 is 0.611 bits per heavy atom. The Morgan fingerprint density at radius 3 is 1.00 bits per heavy atom. The molecule has 0 unspecified atom stereocenters. The van der Waals surface area contributed by atoms with Gasteiger partial charge in [0.05, 0.1) is 61.2 Å². The van der Waals surface area contributed by atoms with Crippen molar-refractivity contribution >= 4 is 174 Å². The molecule has 0 aliphatic heterocycles. The van der Waals surface area contributed by atoms with Crippen molar-refractivity contribution < 1.29 is 86.0 Å². The summed E-state index contributed by atoms with van der Waals surface area (Å²) in [5.41, 5.74) is 13.0. The van der Waals surface area contributed by atoms with Gasteiger partial charge in [0.15, 0.2) is 46.2 Å². The van der Waals surface area contributed by atoms with Gasteiger partial charge in [-0.3, -0.25) is 47.9 Å². The van der Waals surface area contributed by atoms with Crippen LogP contribution in [0.3, 0.4) is 0 Å². The number of anilines is 6. The minimum Gasteiger partial charge on any atom is -0.497 e. The summed E-state index contributed by atoms with van der Waals surface area (Å²) in [4.78, 5) is 147. The van der Waals surface area contributed by atoms with Gasteiger partial charge in [-0.25, -0.2) is 9.59 Å². The molecule has 0 bridgehead atoms. The Balaban J connectivity index is 0.000000235. The highest BCUT2D eigenvalue weighted by Gasteiger charge is 2.26. The Bertz CT molecular complexity index is 6840. The summed E-state index contributed by atoms with van der Waals surface area (Å²) >= 11 is 36.4. The van der Waals surface area contributed by atoms with Crippen LogP contribution in [0.25, 0.3) is 0 Å². The molecule has 0 saturated heterocycles. The Hall–Kier alpha value is -15.5. The normalized spacial score (nSPS) is 10.1. The van der Waals surface area contributed by atoms with Gasteiger partial charge in [-0.05, 0) is 188 Å². The van der Waals surface area contributed by atoms with Gasteiger partial charge in [0.25, 0.3) is 23.6 Å². The van der Waals surface area contributed by atoms with Crippen LogP contribution in [-0.4, -0.2) is 125 Å². The van der Waals surface area contributed by atoms with Crippen LogP contribution < -0.4 is 50.8 Å². The highest BCUT2D eigenvalue weighted by atomic mass is 35.5. The first-order chi connectivity index (χ1) is 68.4. The van der Waals surface area contributed by atoms with Crippen LogP contribution in [0, 0.1) is 13.8 Å². The summed E-state index contributed by atoms with van der Waals surface area (Å²) in [7, 11) is 6.07. The third-order valence-corrected chi connectivity index (χ3v) is 22.3. The van der Waals surface area contributed by atoms with E-state index >= 15 is 0 Å². The molecule has 0 radical (unpaired) electrons. The van der Waals surface area contributed by atoms with Crippen molar-refractivity contribution in [1.29, 1.82) is 0 Å². The lowest BCUT2D eigenvalue weighted by Crippen LogP contribution is -2.16. The number of ketones is 6. The molecule has 0 aromatic heterocycles. The van der Waals surface area contributed by atoms with E-state index in [1.165, 1.54) is 39.5 Å². The molecular weight excluding hydrogens is 1950 g/mol. The van der Waals surface area contributed by atoms with Gasteiger partial charge in [0.1, 0.15) is 24.7 Å². The molecule has 24 nitrogen and oxygen atoms in total. The van der Waals surface area contributed by atoms with Crippen molar-refractivity contribution in [2.75, 3.05) is 86.6 Å². The number of carbonyl (C=O) groups excluding carboxylic acids is 12. The van der Waals surface area contributed by atoms with Crippen LogP contribution in [0.4, 0.5) is 34.1 Å². The molecule has 6 N–H and O–H groups in total. The van der Waals surface area contributed by atoms with Crippen molar-refractivity contribution in [3.8, 4) is 23.0 Å². The maximum absolute atomic E-state index is 13.1. The largest absolute Gasteiger partial charge is 0.497 e. The van der Waals surface area contributed by atoms with Gasteiger partial charge in [0, 0.05) is 157 Å². The van der Waals surface area contributed by atoms with E-state index in [0.717, 1.165) is 23.1 Å². The van der Waals surface area contributed by atoms with E-state index in [1.54, 1.807) is 231 Å². The van der Waals surface area contributed by atoms with Crippen molar-refractivity contribution in [3.63, 3.8) is 0 Å². The van der Waals surface area contributed by atoms with Crippen LogP contribution in [-0.2, 0) is 44.7 Å². The van der Waals surface area contributed by atoms with Gasteiger partial charge in [-0.1, -0.05) is 243 Å². The minimum absolute atomic E-state index is 0.138. The lowest BCUT2D eigenvalue weighted by molar-refractivity contribution is -0.139. The van der Waals surface area contributed by atoms with E-state index in [-0.39, 0.29) is 77.1 Å². The van der Waals surface area contributed by atoms with E-state index in [0.29, 0.717) is 195 Å². The SMILES string of the molecule is C=C(C)C(=O)Nc1cc(C)c(Cl)cc1C(=O)c1ccccc1.C=C(C)C(=O)Nc1cc(OC)c(Cl)cc1C(=O)c1ccccc1.C=C(C)C(=O)Nc1ccc(Cl)cc1C(=O)c1ccc(C)cc1.C=C(C)C(=O)Nc1ccc(Cl)cc1C(=O)c1ccc(OC)cc1.C=C(C)C(=O)OCCNc1cc(OC)c(OC)cc1C(=O)c1ccc(CC)cc1.C=C(C)C(=O)OCCNc1ccc(Cl)cc1C(=O)c1ccccc1Cl. The number of carbonyl (C=O) groups is 12. The molecule has 0 spiro atoms. The second-order valence-electron chi connectivity index (χ2n) is 32.0. The van der Waals surface area contributed by atoms with E-state index in [9.17, 15) is 57.5 Å². The van der Waals surface area contributed by atoms with Crippen LogP contribution in [0.15, 0.2) is 322 Å². The molecule has 0 aliphatic rings. The number of ether oxygens (including phenoxy) is 6. The Labute approximate surface area is 867 Å². The molecule has 744 valence electrons. The fraction of sp³-hybridized carbons (Fsp3) is 0.158. The van der Waals surface area contributed by atoms with Crippen molar-refractivity contribution in [2.45, 2.75) is 68.7 Å². The van der Waals surface area contributed by atoms with Gasteiger partial charge in [0.2, 0.25) is 0 Å². The summed E-state index contributed by atoms with van der Waals surface area (Å²) in [6.07, 6.45) is 0.903. The summed E-state index contributed by atoms with van der Waals surface area (Å²) in [6.45, 7) is 37.8. The van der Waals surface area contributed by atoms with Gasteiger partial charge >= 0.3 is 11.9 Å². The van der Waals surface area contributed by atoms with E-state index in [2.05, 4.69) is 78.3 Å². The first kappa shape index (κ1) is 115. The summed E-state index contributed by atoms with van der Waals surface area (Å²) < 4.78 is 31.0. The number of esters is 2. The number of halogens is 6. The van der Waals surface area contributed by atoms with Crippen molar-refractivity contribution in [3.05, 3.63) is 435 Å². The predicted molar refractivity (Wildman–Crippen MR) is 575 cm³/mol. The average Bonchev–Trinajstić information content (AvgIpc) is 0.743. The number of rotatable bonds is 35. The molecule has 144 heavy (non-hydrogen) atoms. The standard InChI is InChI=1S/C23H27NO5.C19H17Cl2NO3.2C18H16ClNO3.2C18H16ClNO2/c1-6-16-7-9-17(10-8-16)22(25)18-13-20(27-4)21(28-5)14-19(18)24-11-12-29-23(26)15(2)3;1-12(2)19(24)25-10-9-22-17-8-7-13(20)11-15(17)18(23)14-5-3-4-6-16(14)21;1-11(2)18(22)20-16-9-6-13(19)10-15(16)17(21)12-4-7-14(23-3)8-5-12;1-11(2)18(22)20-15-10-16(23-3)14(19)9-13(15)17(21)12-7-5-4-6-8-12;1-11(2)18(22)20-16-9-8-14(19)10-15(16)17(21)13-6-4-12(3)5-7-13;1-11(2)18(22)20-16-9-12(3)15(19)10-14(16)17(21)13-7-5-4-6-8-13/h7-10,13-14,24H,2,6,11-12H2,1,3-5H3;3-8,11,22H,1,9-10H2,2H3;2*4-10H,1H2,2-3H3,(H,20,22);2*4-10H,1H2,2-3H3,(H,20,22). The minimum atomic E-state index is -0.453. The monoisotopic (exact) mass is 2060 g/mol. The zero-order valence-electron chi connectivity index (χ0n) is 81.6. The van der Waals surface area contributed by atoms with Crippen molar-refractivity contribution in [2.24, 2.45) is 0 Å². The number of amides is 4. The molecule has 0 saturated carbocycles. The van der Waals surface area contributed by atoms with Crippen molar-refractivity contribution in [1.82, 2.24) is 0 Å². The molecule has 0 heterocycles. The first-order valence-electron chi connectivity index (χ1n) is 44.2. The molecule has 4 amide bonds. The van der Waals surface area contributed by atoms with Crippen LogP contribution in [0.1, 0.15) is 161 Å². The molecule has 12 aromatic rings. The molecule has 0 atom stereocenters. The molecule has 30 heteroatoms. The maximum Gasteiger partial charge on any atom is 0.333 e. The molecule has 0 fully saturated rings. The van der Waals surface area contributed by atoms with Crippen LogP contribution in [0.5, 0.6) is 23.0 Å². The molecular formula is C114H108Cl6N6O18. The number of hydrogen-bond donors (Lipinski definition) is 6. The number of methoxy groups -OCH3 is 4. The molecule has 12 aromatic carbocycles. The van der Waals surface area contributed by atoms with E-state index in [4.69, 9.17) is 98.0 Å². The zero-order valence-corrected chi connectivity index (χ0v) is 86.1. The number of benzene rings is 12. The van der Waals surface area contributed by atoms with Crippen LogP contribution >= 0.6 is 69.6 Å². The fourth-order valence-corrected chi connectivity index (χ4v) is 13.7. The summed E-state index contributed by atoms with van der Waals surface area (Å²) in [5, 5.41) is 19.4. The molecule has 12 rings (SSSR count). The highest BCUT2D eigenvalue weighted by Crippen LogP contribution is 2.38. The lowest BCUT2D eigenvalue weighted by atomic mass is 9.99. The third-order valence-electron chi connectivity index (χ3n) is 20.5. The Kier molecular flexibility index (Phi) is 45.5. The summed E-state index contributed by atoms with van der Waals surface area (Å²) in [5.74, 6) is -1.58. The quantitative estimate of drug-likeness (QED) is 0.00930. The van der Waals surface area contributed by atoms with Gasteiger partial charge in [-0.2, -0.15) is 0 Å². The highest BCUT2D eigenvalue weighted by molar-refractivity contribution is 6.37. The number of aryl methyl sites for hydroxylation is 3. The third kappa shape index (κ3) is 34.4. The lowest BCUT2D eigenvalue weighted by Gasteiger charge is -2.16. The second kappa shape index (κ2) is 56.8. The van der Waals surface area contributed by atoms with E-state index < -0.39 is 11.9 Å². The fourth-order valence-electron chi connectivity index (χ4n) is 12.6. The van der Waals surface area contributed by atoms with Crippen LogP contribution in [0.2, 0.25) is 30.1 Å². The topological polar surface area (TPSA) is 332 Å². The maximum atomic E-state index is 13.1. The molecule has 0 aliphatic carbocycles. The average molecular weight is 2060 g/mol. The number of nitrogens with one attached hydrogen (secondary N) is 6. The zero-order chi connectivity index (χ0) is 106. The summed E-state index contributed by atoms with van der Waals surface area (Å²) in [6, 6.07) is 70.0. The first-order valence-corrected chi connectivity index (χ1v) is 46.5. The smallest absolute Gasteiger partial charge is 0.333 e. The predicted octanol–water partition coefficient (Wildman–Crippen LogP) is 25.8. The number of hydrogen-bond acceptors (Lipinski definition) is 20. The van der Waals surface area contributed by atoms with Gasteiger partial charge < -0.3 is 60.3 Å².